The molecule has 0 aliphatic carbocycles. The number of aromatic nitrogens is 2. The summed E-state index contributed by atoms with van der Waals surface area (Å²) in [5, 5.41) is 10.1. The van der Waals surface area contributed by atoms with E-state index < -0.39 is 42.4 Å². The van der Waals surface area contributed by atoms with Crippen molar-refractivity contribution >= 4 is 11.8 Å². The van der Waals surface area contributed by atoms with Crippen molar-refractivity contribution in [3.8, 4) is 5.75 Å². The molecule has 11 heteroatoms. The van der Waals surface area contributed by atoms with Crippen LogP contribution in [0.2, 0.25) is 0 Å². The third-order valence-corrected chi connectivity index (χ3v) is 3.78. The molecule has 1 aromatic heterocycles. The highest BCUT2D eigenvalue weighted by Crippen LogP contribution is 2.40. The minimum atomic E-state index is -5.16. The topological polar surface area (TPSA) is 105 Å². The molecule has 0 bridgehead atoms. The number of aliphatic hydroxyl groups is 1. The van der Waals surface area contributed by atoms with E-state index in [0.717, 1.165) is 16.3 Å². The summed E-state index contributed by atoms with van der Waals surface area (Å²) in [5.74, 6) is -2.37. The molecule has 1 aromatic carbocycles. The predicted molar refractivity (Wildman–Crippen MR) is 90.7 cm³/mol. The van der Waals surface area contributed by atoms with Gasteiger partial charge < -0.3 is 14.4 Å². The van der Waals surface area contributed by atoms with E-state index in [-0.39, 0.29) is 0 Å². The van der Waals surface area contributed by atoms with Crippen LogP contribution in [0.15, 0.2) is 36.7 Å². The molecule has 152 valence electrons. The monoisotopic (exact) mass is 400 g/mol. The van der Waals surface area contributed by atoms with Gasteiger partial charge in [0.15, 0.2) is 12.4 Å². The Hall–Kier alpha value is -3.08. The first-order valence-electron chi connectivity index (χ1n) is 8.07. The Morgan fingerprint density at radius 2 is 1.93 bits per heavy atom. The number of rotatable bonds is 6. The van der Waals surface area contributed by atoms with Gasteiger partial charge in [0.25, 0.3) is 5.91 Å². The molecule has 0 radical (unpaired) electrons. The first-order valence-corrected chi connectivity index (χ1v) is 8.07. The van der Waals surface area contributed by atoms with Crippen LogP contribution in [0.25, 0.3) is 0 Å². The second kappa shape index (κ2) is 8.30. The van der Waals surface area contributed by atoms with Gasteiger partial charge in [0.1, 0.15) is 5.75 Å². The van der Waals surface area contributed by atoms with E-state index in [0.29, 0.717) is 5.75 Å². The Bertz CT molecular complexity index is 853. The number of hydrogen-bond donors (Lipinski definition) is 3. The molecule has 2 amide bonds. The summed E-state index contributed by atoms with van der Waals surface area (Å²) < 4.78 is 46.2. The maximum absolute atomic E-state index is 13.4. The number of amides is 2. The molecular weight excluding hydrogens is 381 g/mol. The lowest BCUT2D eigenvalue weighted by Gasteiger charge is -2.29. The Labute approximate surface area is 158 Å². The number of halogens is 3. The molecule has 0 aliphatic rings. The molecule has 1 unspecified atom stereocenters. The van der Waals surface area contributed by atoms with Crippen molar-refractivity contribution in [2.75, 3.05) is 6.61 Å². The number of imidazole rings is 1. The molecule has 3 N–H and O–H groups in total. The van der Waals surface area contributed by atoms with Crippen LogP contribution in [0.5, 0.6) is 5.75 Å². The zero-order chi connectivity index (χ0) is 20.9. The van der Waals surface area contributed by atoms with Crippen LogP contribution in [0.1, 0.15) is 17.8 Å². The van der Waals surface area contributed by atoms with Crippen LogP contribution in [0, 0.1) is 6.92 Å². The molecule has 2 aromatic rings. The second-order valence-electron chi connectivity index (χ2n) is 6.10. The fraction of sp³-hybridized carbons (Fsp3) is 0.353. The summed E-state index contributed by atoms with van der Waals surface area (Å²) in [6.45, 7) is 1.36. The number of ether oxygens (including phenoxy) is 1. The van der Waals surface area contributed by atoms with Crippen LogP contribution in [-0.4, -0.2) is 39.3 Å². The lowest BCUT2D eigenvalue weighted by molar-refractivity contribution is -0.271. The number of carbonyl (C=O) groups excluding carboxylic acids is 2. The average Bonchev–Trinajstić information content (AvgIpc) is 3.03. The summed E-state index contributed by atoms with van der Waals surface area (Å²) in [6.07, 6.45) is -4.29. The van der Waals surface area contributed by atoms with Crippen molar-refractivity contribution in [1.82, 2.24) is 20.4 Å². The van der Waals surface area contributed by atoms with Crippen LogP contribution in [0.4, 0.5) is 13.2 Å². The van der Waals surface area contributed by atoms with Gasteiger partial charge in [0, 0.05) is 19.4 Å². The van der Waals surface area contributed by atoms with Crippen molar-refractivity contribution in [2.24, 2.45) is 7.05 Å². The zero-order valence-corrected chi connectivity index (χ0v) is 15.1. The normalized spacial score (nSPS) is 13.5. The largest absolute Gasteiger partial charge is 0.484 e. The van der Waals surface area contributed by atoms with Gasteiger partial charge in [-0.2, -0.15) is 13.2 Å². The zero-order valence-electron chi connectivity index (χ0n) is 15.1. The number of aryl methyl sites for hydroxylation is 2. The Kier molecular flexibility index (Phi) is 6.29. The molecule has 1 atom stereocenters. The van der Waals surface area contributed by atoms with Crippen molar-refractivity contribution < 1.29 is 32.6 Å². The number of nitrogens with zero attached hydrogens (tertiary/aromatic N) is 2. The third kappa shape index (κ3) is 5.00. The summed E-state index contributed by atoms with van der Waals surface area (Å²) in [5.41, 5.74) is 1.15. The van der Waals surface area contributed by atoms with Crippen LogP contribution in [-0.2, 0) is 22.2 Å². The van der Waals surface area contributed by atoms with Crippen molar-refractivity contribution in [3.05, 3.63) is 48.0 Å². The average molecular weight is 400 g/mol. The van der Waals surface area contributed by atoms with Gasteiger partial charge in [-0.1, -0.05) is 12.1 Å². The second-order valence-corrected chi connectivity index (χ2v) is 6.10. The number of carbonyl (C=O) groups is 2. The molecule has 0 saturated carbocycles. The van der Waals surface area contributed by atoms with Gasteiger partial charge in [-0.05, 0) is 24.6 Å². The van der Waals surface area contributed by atoms with Gasteiger partial charge in [0.2, 0.25) is 11.5 Å². The van der Waals surface area contributed by atoms with Crippen molar-refractivity contribution in [3.63, 3.8) is 0 Å². The fourth-order valence-electron chi connectivity index (χ4n) is 2.38. The standard InChI is InChI=1S/C17H19F3N4O4/c1-11-4-3-5-12(8-11)28-10-14(26)23-22-13(25)9-16(27,17(18,19)20)15-21-6-7-24(15)2/h3-8,27H,9-10H2,1-2H3,(H,22,25)(H,23,26). The number of nitrogens with one attached hydrogen (secondary N) is 2. The summed E-state index contributed by atoms with van der Waals surface area (Å²) in [6, 6.07) is 6.85. The third-order valence-electron chi connectivity index (χ3n) is 3.78. The molecule has 0 fully saturated rings. The number of hydrazine groups is 1. The first kappa shape index (κ1) is 21.2. The van der Waals surface area contributed by atoms with Crippen LogP contribution < -0.4 is 15.6 Å². The highest BCUT2D eigenvalue weighted by Gasteiger charge is 2.58. The number of hydrogen-bond acceptors (Lipinski definition) is 5. The van der Waals surface area contributed by atoms with Gasteiger partial charge in [-0.15, -0.1) is 0 Å². The molecule has 0 aliphatic heterocycles. The number of alkyl halides is 3. The van der Waals surface area contributed by atoms with E-state index >= 15 is 0 Å². The van der Waals surface area contributed by atoms with Crippen LogP contribution in [0.3, 0.4) is 0 Å². The van der Waals surface area contributed by atoms with Gasteiger partial charge in [0.05, 0.1) is 6.42 Å². The smallest absolute Gasteiger partial charge is 0.425 e. The van der Waals surface area contributed by atoms with E-state index in [1.54, 1.807) is 18.2 Å². The van der Waals surface area contributed by atoms with E-state index in [2.05, 4.69) is 4.98 Å². The maximum Gasteiger partial charge on any atom is 0.425 e. The molecule has 8 nitrogen and oxygen atoms in total. The maximum atomic E-state index is 13.4. The molecular formula is C17H19F3N4O4. The summed E-state index contributed by atoms with van der Waals surface area (Å²) in [7, 11) is 1.25. The number of benzene rings is 1. The van der Waals surface area contributed by atoms with E-state index in [4.69, 9.17) is 4.74 Å². The van der Waals surface area contributed by atoms with Crippen molar-refractivity contribution in [2.45, 2.75) is 25.1 Å². The summed E-state index contributed by atoms with van der Waals surface area (Å²) >= 11 is 0. The van der Waals surface area contributed by atoms with Gasteiger partial charge >= 0.3 is 6.18 Å². The molecule has 1 heterocycles. The molecule has 0 saturated heterocycles. The Morgan fingerprint density at radius 1 is 1.25 bits per heavy atom. The van der Waals surface area contributed by atoms with Crippen molar-refractivity contribution in [1.29, 1.82) is 0 Å². The van der Waals surface area contributed by atoms with Crippen LogP contribution >= 0.6 is 0 Å². The highest BCUT2D eigenvalue weighted by atomic mass is 19.4. The van der Waals surface area contributed by atoms with E-state index in [9.17, 15) is 27.9 Å². The SMILES string of the molecule is Cc1cccc(OCC(=O)NNC(=O)CC(O)(c2nccn2C)C(F)(F)F)c1. The minimum Gasteiger partial charge on any atom is -0.484 e. The molecule has 0 spiro atoms. The fourth-order valence-corrected chi connectivity index (χ4v) is 2.38. The lowest BCUT2D eigenvalue weighted by Crippen LogP contribution is -2.51. The highest BCUT2D eigenvalue weighted by molar-refractivity contribution is 5.83. The molecule has 28 heavy (non-hydrogen) atoms. The quantitative estimate of drug-likeness (QED) is 0.630. The Balaban J connectivity index is 1.92. The first-order chi connectivity index (χ1) is 13.0. The minimum absolute atomic E-state index is 0.419. The predicted octanol–water partition coefficient (Wildman–Crippen LogP) is 1.09. The van der Waals surface area contributed by atoms with Gasteiger partial charge in [-0.25, -0.2) is 4.98 Å². The summed E-state index contributed by atoms with van der Waals surface area (Å²) in [4.78, 5) is 27.0. The Morgan fingerprint density at radius 3 is 2.50 bits per heavy atom. The molecule has 2 rings (SSSR count). The van der Waals surface area contributed by atoms with E-state index in [1.807, 2.05) is 23.8 Å². The van der Waals surface area contributed by atoms with E-state index in [1.165, 1.54) is 13.2 Å². The lowest BCUT2D eigenvalue weighted by atomic mass is 9.97. The van der Waals surface area contributed by atoms with Gasteiger partial charge in [-0.3, -0.25) is 20.4 Å².